The van der Waals surface area contributed by atoms with Crippen LogP contribution in [0.2, 0.25) is 0 Å². The molecule has 1 amide bonds. The van der Waals surface area contributed by atoms with E-state index in [1.807, 2.05) is 26.8 Å². The predicted molar refractivity (Wildman–Crippen MR) is 85.2 cm³/mol. The first-order chi connectivity index (χ1) is 10.4. The highest BCUT2D eigenvalue weighted by Gasteiger charge is 2.16. The van der Waals surface area contributed by atoms with Crippen molar-refractivity contribution in [2.75, 3.05) is 0 Å². The number of carbonyl (C=O) groups is 1. The lowest BCUT2D eigenvalue weighted by atomic mass is 10.1. The molecule has 1 aromatic heterocycles. The SMILES string of the molecule is CCC(C)NC(=O)C(C)Oc1ccc2c(C)cc(=O)oc2c1. The summed E-state index contributed by atoms with van der Waals surface area (Å²) in [5.41, 5.74) is 0.905. The number of nitrogens with one attached hydrogen (secondary N) is 1. The van der Waals surface area contributed by atoms with Crippen molar-refractivity contribution in [2.45, 2.75) is 46.3 Å². The van der Waals surface area contributed by atoms with Gasteiger partial charge in [-0.25, -0.2) is 4.79 Å². The van der Waals surface area contributed by atoms with Gasteiger partial charge in [0.2, 0.25) is 0 Å². The van der Waals surface area contributed by atoms with Crippen molar-refractivity contribution in [3.8, 4) is 5.75 Å². The first-order valence-electron chi connectivity index (χ1n) is 7.42. The first kappa shape index (κ1) is 16.1. The van der Waals surface area contributed by atoms with Gasteiger partial charge in [0.15, 0.2) is 6.10 Å². The van der Waals surface area contributed by atoms with Gasteiger partial charge >= 0.3 is 5.63 Å². The zero-order valence-electron chi connectivity index (χ0n) is 13.3. The summed E-state index contributed by atoms with van der Waals surface area (Å²) in [5.74, 6) is 0.327. The number of carbonyl (C=O) groups excluding carboxylic acids is 1. The molecule has 1 heterocycles. The Balaban J connectivity index is 2.18. The van der Waals surface area contributed by atoms with Gasteiger partial charge in [0.25, 0.3) is 5.91 Å². The van der Waals surface area contributed by atoms with Crippen LogP contribution in [-0.4, -0.2) is 18.1 Å². The van der Waals surface area contributed by atoms with Gasteiger partial charge in [-0.05, 0) is 44.9 Å². The molecule has 2 unspecified atom stereocenters. The van der Waals surface area contributed by atoms with Crippen molar-refractivity contribution in [3.05, 3.63) is 40.2 Å². The summed E-state index contributed by atoms with van der Waals surface area (Å²) in [5, 5.41) is 3.72. The van der Waals surface area contributed by atoms with E-state index in [0.29, 0.717) is 11.3 Å². The van der Waals surface area contributed by atoms with Crippen LogP contribution < -0.4 is 15.7 Å². The monoisotopic (exact) mass is 303 g/mol. The Bertz CT molecular complexity index is 735. The maximum atomic E-state index is 12.0. The van der Waals surface area contributed by atoms with Crippen molar-refractivity contribution in [1.29, 1.82) is 0 Å². The number of benzene rings is 1. The lowest BCUT2D eigenvalue weighted by Crippen LogP contribution is -2.40. The fourth-order valence-electron chi connectivity index (χ4n) is 2.10. The van der Waals surface area contributed by atoms with E-state index < -0.39 is 11.7 Å². The van der Waals surface area contributed by atoms with Gasteiger partial charge in [-0.1, -0.05) is 6.92 Å². The lowest BCUT2D eigenvalue weighted by Gasteiger charge is -2.17. The average Bonchev–Trinajstić information content (AvgIpc) is 2.46. The first-order valence-corrected chi connectivity index (χ1v) is 7.42. The van der Waals surface area contributed by atoms with Gasteiger partial charge in [-0.15, -0.1) is 0 Å². The Kier molecular flexibility index (Phi) is 4.85. The molecule has 2 rings (SSSR count). The van der Waals surface area contributed by atoms with E-state index in [9.17, 15) is 9.59 Å². The summed E-state index contributed by atoms with van der Waals surface area (Å²) in [7, 11) is 0. The van der Waals surface area contributed by atoms with E-state index in [-0.39, 0.29) is 11.9 Å². The summed E-state index contributed by atoms with van der Waals surface area (Å²) < 4.78 is 10.8. The predicted octanol–water partition coefficient (Wildman–Crippen LogP) is 2.78. The number of hydrogen-bond acceptors (Lipinski definition) is 4. The molecule has 0 saturated carbocycles. The topological polar surface area (TPSA) is 68.5 Å². The molecule has 0 aliphatic carbocycles. The minimum atomic E-state index is -0.622. The standard InChI is InChI=1S/C17H21NO4/c1-5-11(3)18-17(20)12(4)21-13-6-7-14-10(2)8-16(19)22-15(14)9-13/h6-9,11-12H,5H2,1-4H3,(H,18,20). The number of amides is 1. The highest BCUT2D eigenvalue weighted by Crippen LogP contribution is 2.23. The van der Waals surface area contributed by atoms with Crippen LogP contribution in [0.1, 0.15) is 32.8 Å². The Morgan fingerprint density at radius 3 is 2.73 bits per heavy atom. The lowest BCUT2D eigenvalue weighted by molar-refractivity contribution is -0.127. The van der Waals surface area contributed by atoms with E-state index >= 15 is 0 Å². The molecule has 1 aromatic carbocycles. The van der Waals surface area contributed by atoms with Crippen LogP contribution in [0.3, 0.4) is 0 Å². The third-order valence-corrected chi connectivity index (χ3v) is 3.61. The second kappa shape index (κ2) is 6.64. The molecule has 1 N–H and O–H groups in total. The quantitative estimate of drug-likeness (QED) is 0.862. The number of hydrogen-bond donors (Lipinski definition) is 1. The molecule has 0 radical (unpaired) electrons. The molecule has 22 heavy (non-hydrogen) atoms. The van der Waals surface area contributed by atoms with Crippen molar-refractivity contribution in [1.82, 2.24) is 5.32 Å². The summed E-state index contributed by atoms with van der Waals surface area (Å²) in [4.78, 5) is 23.4. The van der Waals surface area contributed by atoms with Crippen molar-refractivity contribution >= 4 is 16.9 Å². The van der Waals surface area contributed by atoms with Crippen LogP contribution in [0, 0.1) is 6.92 Å². The molecule has 0 fully saturated rings. The maximum absolute atomic E-state index is 12.0. The largest absolute Gasteiger partial charge is 0.481 e. The van der Waals surface area contributed by atoms with Gasteiger partial charge in [0, 0.05) is 23.6 Å². The fourth-order valence-corrected chi connectivity index (χ4v) is 2.10. The smallest absolute Gasteiger partial charge is 0.336 e. The summed E-state index contributed by atoms with van der Waals surface area (Å²) >= 11 is 0. The summed E-state index contributed by atoms with van der Waals surface area (Å²) in [6.45, 7) is 7.48. The van der Waals surface area contributed by atoms with E-state index in [4.69, 9.17) is 9.15 Å². The molecule has 2 atom stereocenters. The van der Waals surface area contributed by atoms with Crippen LogP contribution in [0.25, 0.3) is 11.0 Å². The second-order valence-corrected chi connectivity index (χ2v) is 5.48. The molecule has 5 nitrogen and oxygen atoms in total. The van der Waals surface area contributed by atoms with Crippen LogP contribution in [0.5, 0.6) is 5.75 Å². The van der Waals surface area contributed by atoms with Crippen LogP contribution in [0.4, 0.5) is 0 Å². The van der Waals surface area contributed by atoms with Gasteiger partial charge in [0.1, 0.15) is 11.3 Å². The van der Waals surface area contributed by atoms with Crippen molar-refractivity contribution < 1.29 is 13.9 Å². The molecule has 0 saturated heterocycles. The normalized spacial score (nSPS) is 13.6. The van der Waals surface area contributed by atoms with Crippen LogP contribution >= 0.6 is 0 Å². The third-order valence-electron chi connectivity index (χ3n) is 3.61. The number of fused-ring (bicyclic) bond motifs is 1. The molecule has 0 aliphatic rings. The molecular weight excluding hydrogens is 282 g/mol. The zero-order chi connectivity index (χ0) is 16.3. The van der Waals surface area contributed by atoms with E-state index in [2.05, 4.69) is 5.32 Å². The Morgan fingerprint density at radius 1 is 1.32 bits per heavy atom. The van der Waals surface area contributed by atoms with Crippen molar-refractivity contribution in [3.63, 3.8) is 0 Å². The van der Waals surface area contributed by atoms with Gasteiger partial charge in [-0.2, -0.15) is 0 Å². The third kappa shape index (κ3) is 3.67. The Labute approximate surface area is 129 Å². The van der Waals surface area contributed by atoms with E-state index in [1.165, 1.54) is 6.07 Å². The van der Waals surface area contributed by atoms with Gasteiger partial charge in [-0.3, -0.25) is 4.79 Å². The maximum Gasteiger partial charge on any atom is 0.336 e. The fraction of sp³-hybridized carbons (Fsp3) is 0.412. The minimum Gasteiger partial charge on any atom is -0.481 e. The Morgan fingerprint density at radius 2 is 2.05 bits per heavy atom. The van der Waals surface area contributed by atoms with E-state index in [0.717, 1.165) is 17.4 Å². The van der Waals surface area contributed by atoms with Crippen LogP contribution in [0.15, 0.2) is 33.5 Å². The average molecular weight is 303 g/mol. The molecule has 0 spiro atoms. The van der Waals surface area contributed by atoms with E-state index in [1.54, 1.807) is 19.1 Å². The van der Waals surface area contributed by atoms with Crippen molar-refractivity contribution in [2.24, 2.45) is 0 Å². The van der Waals surface area contributed by atoms with Gasteiger partial charge < -0.3 is 14.5 Å². The zero-order valence-corrected chi connectivity index (χ0v) is 13.3. The highest BCUT2D eigenvalue weighted by atomic mass is 16.5. The molecule has 0 aliphatic heterocycles. The number of rotatable bonds is 5. The van der Waals surface area contributed by atoms with Gasteiger partial charge in [0.05, 0.1) is 0 Å². The number of aryl methyl sites for hydroxylation is 1. The number of ether oxygens (including phenoxy) is 1. The minimum absolute atomic E-state index is 0.107. The molecule has 5 heteroatoms. The second-order valence-electron chi connectivity index (χ2n) is 5.48. The molecule has 0 bridgehead atoms. The Hall–Kier alpha value is -2.30. The molecule has 118 valence electrons. The highest BCUT2D eigenvalue weighted by molar-refractivity contribution is 5.82. The van der Waals surface area contributed by atoms with Crippen LogP contribution in [-0.2, 0) is 4.79 Å². The molecule has 2 aromatic rings. The summed E-state index contributed by atoms with van der Waals surface area (Å²) in [6.07, 6.45) is 0.238. The molecular formula is C17H21NO4. The summed E-state index contributed by atoms with van der Waals surface area (Å²) in [6, 6.07) is 6.78.